The van der Waals surface area contributed by atoms with Crippen LogP contribution in [0.4, 0.5) is 0 Å². The van der Waals surface area contributed by atoms with E-state index >= 15 is 0 Å². The molecule has 0 spiro atoms. The topological polar surface area (TPSA) is 121 Å². The van der Waals surface area contributed by atoms with Crippen LogP contribution in [-0.4, -0.2) is 27.8 Å². The third kappa shape index (κ3) is 3.89. The van der Waals surface area contributed by atoms with E-state index in [0.717, 1.165) is 6.08 Å². The van der Waals surface area contributed by atoms with Crippen LogP contribution in [0.3, 0.4) is 0 Å². The Kier molecular flexibility index (Phi) is 7.89. The second-order valence-electron chi connectivity index (χ2n) is 2.85. The minimum atomic E-state index is -2.39. The van der Waals surface area contributed by atoms with E-state index < -0.39 is 35.3 Å². The van der Waals surface area contributed by atoms with Crippen molar-refractivity contribution in [2.75, 3.05) is 0 Å². The Labute approximate surface area is 135 Å². The van der Waals surface area contributed by atoms with Crippen LogP contribution in [0.1, 0.15) is 6.42 Å². The van der Waals surface area contributed by atoms with E-state index in [1.165, 1.54) is 0 Å². The van der Waals surface area contributed by atoms with E-state index in [1.807, 2.05) is 0 Å². The Hall–Kier alpha value is 0.180. The standard InChI is InChI=1S/C8H8O6.2Na/c9-5-3-8(14,7(12)13)2-1-4(5)6(10)11;;/h1,3,9,14H,2H2,(H,10,11)(H,12,13);;/q;2*+1/p-2. The minimum absolute atomic E-state index is 0. The van der Waals surface area contributed by atoms with Crippen LogP contribution >= 0.6 is 0 Å². The largest absolute Gasteiger partial charge is 1.00 e. The van der Waals surface area contributed by atoms with Gasteiger partial charge in [0.15, 0.2) is 0 Å². The molecule has 0 saturated carbocycles. The van der Waals surface area contributed by atoms with E-state index in [2.05, 4.69) is 0 Å². The van der Waals surface area contributed by atoms with E-state index in [9.17, 15) is 24.9 Å². The smallest absolute Gasteiger partial charge is 0.872 e. The fraction of sp³-hybridized carbons (Fsp3) is 0.250. The molecule has 0 saturated heterocycles. The molecular weight excluding hydrogens is 238 g/mol. The number of hydrogen-bond acceptors (Lipinski definition) is 5. The maximum atomic E-state index is 11.0. The third-order valence-corrected chi connectivity index (χ3v) is 1.84. The Morgan fingerprint density at radius 1 is 1.38 bits per heavy atom. The summed E-state index contributed by atoms with van der Waals surface area (Å²) in [6.07, 6.45) is 0.814. The van der Waals surface area contributed by atoms with Crippen molar-refractivity contribution in [3.63, 3.8) is 0 Å². The molecule has 8 heteroatoms. The Morgan fingerprint density at radius 2 is 1.88 bits per heavy atom. The summed E-state index contributed by atoms with van der Waals surface area (Å²) in [5.74, 6) is -4.31. The van der Waals surface area contributed by atoms with Crippen LogP contribution in [0.25, 0.3) is 0 Å². The molecule has 0 aromatic rings. The van der Waals surface area contributed by atoms with E-state index in [0.29, 0.717) is 6.08 Å². The maximum absolute atomic E-state index is 11.0. The fourth-order valence-electron chi connectivity index (χ4n) is 1.05. The quantitative estimate of drug-likeness (QED) is 0.465. The summed E-state index contributed by atoms with van der Waals surface area (Å²) in [4.78, 5) is 20.8. The van der Waals surface area contributed by atoms with E-state index in [4.69, 9.17) is 5.11 Å². The number of aliphatic hydroxyl groups is 1. The van der Waals surface area contributed by atoms with Crippen molar-refractivity contribution in [2.45, 2.75) is 12.0 Å². The van der Waals surface area contributed by atoms with E-state index in [-0.39, 0.29) is 59.1 Å². The molecule has 0 fully saturated rings. The zero-order chi connectivity index (χ0) is 10.9. The van der Waals surface area contributed by atoms with Gasteiger partial charge in [-0.25, -0.2) is 4.79 Å². The molecule has 0 radical (unpaired) electrons. The molecule has 0 heterocycles. The van der Waals surface area contributed by atoms with Gasteiger partial charge < -0.3 is 25.2 Å². The molecule has 16 heavy (non-hydrogen) atoms. The third-order valence-electron chi connectivity index (χ3n) is 1.84. The van der Waals surface area contributed by atoms with Crippen molar-refractivity contribution in [1.82, 2.24) is 0 Å². The molecule has 0 aromatic carbocycles. The summed E-state index contributed by atoms with van der Waals surface area (Å²) in [6.45, 7) is 0. The number of carbonyl (C=O) groups is 2. The number of aliphatic carboxylic acids is 2. The zero-order valence-corrected chi connectivity index (χ0v) is 12.9. The summed E-state index contributed by atoms with van der Waals surface area (Å²) in [7, 11) is 0. The average molecular weight is 244 g/mol. The van der Waals surface area contributed by atoms with Gasteiger partial charge >= 0.3 is 65.1 Å². The van der Waals surface area contributed by atoms with Crippen LogP contribution in [0, 0.1) is 0 Å². The number of carbonyl (C=O) groups excluding carboxylic acids is 1. The molecule has 1 unspecified atom stereocenters. The zero-order valence-electron chi connectivity index (χ0n) is 8.89. The van der Waals surface area contributed by atoms with Gasteiger partial charge in [0, 0.05) is 12.0 Å². The first-order chi connectivity index (χ1) is 6.37. The normalized spacial score (nSPS) is 23.1. The Morgan fingerprint density at radius 3 is 2.19 bits per heavy atom. The van der Waals surface area contributed by atoms with Gasteiger partial charge in [-0.2, -0.15) is 0 Å². The summed E-state index contributed by atoms with van der Waals surface area (Å²) in [6, 6.07) is 0. The van der Waals surface area contributed by atoms with Gasteiger partial charge in [0.25, 0.3) is 0 Å². The van der Waals surface area contributed by atoms with Crippen molar-refractivity contribution in [3.8, 4) is 0 Å². The van der Waals surface area contributed by atoms with Crippen LogP contribution < -0.4 is 69.3 Å². The predicted molar refractivity (Wildman–Crippen MR) is 38.4 cm³/mol. The van der Waals surface area contributed by atoms with Crippen molar-refractivity contribution in [2.24, 2.45) is 0 Å². The number of hydrogen-bond donors (Lipinski definition) is 2. The molecule has 0 aromatic heterocycles. The van der Waals surface area contributed by atoms with E-state index in [1.54, 1.807) is 0 Å². The first-order valence-corrected chi connectivity index (χ1v) is 3.64. The fourth-order valence-corrected chi connectivity index (χ4v) is 1.05. The number of carboxylic acids is 2. The SMILES string of the molecule is O=C(O)C1=CCC(O)(C(=O)[O-])C=C1[O-].[Na+].[Na+]. The van der Waals surface area contributed by atoms with Gasteiger partial charge in [0.1, 0.15) is 5.60 Å². The van der Waals surface area contributed by atoms with Gasteiger partial charge in [-0.05, 0) is 0 Å². The summed E-state index contributed by atoms with van der Waals surface area (Å²) in [5.41, 5.74) is -2.94. The first-order valence-electron chi connectivity index (χ1n) is 3.64. The number of rotatable bonds is 2. The van der Waals surface area contributed by atoms with Crippen LogP contribution in [0.15, 0.2) is 23.5 Å². The van der Waals surface area contributed by atoms with Gasteiger partial charge in [-0.15, -0.1) is 0 Å². The molecule has 1 rings (SSSR count). The van der Waals surface area contributed by atoms with Crippen LogP contribution in [-0.2, 0) is 9.59 Å². The summed E-state index contributed by atoms with van der Waals surface area (Å²) < 4.78 is 0. The second-order valence-corrected chi connectivity index (χ2v) is 2.85. The molecule has 2 N–H and O–H groups in total. The van der Waals surface area contributed by atoms with Crippen molar-refractivity contribution in [3.05, 3.63) is 23.5 Å². The Bertz CT molecular complexity index is 362. The Balaban J connectivity index is 0. The molecule has 76 valence electrons. The molecule has 0 aliphatic heterocycles. The maximum Gasteiger partial charge on any atom is 1.00 e. The summed E-state index contributed by atoms with van der Waals surface area (Å²) in [5, 5.41) is 39.1. The van der Waals surface area contributed by atoms with Crippen LogP contribution in [0.2, 0.25) is 0 Å². The van der Waals surface area contributed by atoms with Gasteiger partial charge in [0.05, 0.1) is 5.97 Å². The van der Waals surface area contributed by atoms with Gasteiger partial charge in [-0.1, -0.05) is 17.9 Å². The molecule has 0 amide bonds. The average Bonchev–Trinajstić information content (AvgIpc) is 2.02. The molecule has 6 nitrogen and oxygen atoms in total. The molecule has 0 bridgehead atoms. The van der Waals surface area contributed by atoms with Crippen molar-refractivity contribution >= 4 is 11.9 Å². The van der Waals surface area contributed by atoms with Crippen LogP contribution in [0.5, 0.6) is 0 Å². The monoisotopic (exact) mass is 244 g/mol. The summed E-state index contributed by atoms with van der Waals surface area (Å²) >= 11 is 0. The minimum Gasteiger partial charge on any atom is -0.872 e. The van der Waals surface area contributed by atoms with Gasteiger partial charge in [-0.3, -0.25) is 0 Å². The number of carboxylic acid groups (broad SMARTS) is 2. The first kappa shape index (κ1) is 18.5. The molecule has 1 aliphatic rings. The predicted octanol–water partition coefficient (Wildman–Crippen LogP) is -8.87. The second kappa shape index (κ2) is 6.80. The van der Waals surface area contributed by atoms with Gasteiger partial charge in [0.2, 0.25) is 0 Å². The van der Waals surface area contributed by atoms with Crippen molar-refractivity contribution in [1.29, 1.82) is 0 Å². The molecule has 1 aliphatic carbocycles. The molecular formula is C8H6Na2O6. The van der Waals surface area contributed by atoms with Crippen molar-refractivity contribution < 1.29 is 89.1 Å². The molecule has 1 atom stereocenters.